The summed E-state index contributed by atoms with van der Waals surface area (Å²) in [5, 5.41) is 8.03. The van der Waals surface area contributed by atoms with Crippen LogP contribution < -0.4 is 5.32 Å². The van der Waals surface area contributed by atoms with Crippen LogP contribution in [0.15, 0.2) is 41.0 Å². The molecule has 106 valence electrons. The van der Waals surface area contributed by atoms with Crippen LogP contribution in [0.2, 0.25) is 0 Å². The van der Waals surface area contributed by atoms with Crippen molar-refractivity contribution in [1.82, 2.24) is 15.1 Å². The van der Waals surface area contributed by atoms with Crippen LogP contribution in [0.5, 0.6) is 0 Å². The molecule has 0 radical (unpaired) electrons. The Kier molecular flexibility index (Phi) is 4.22. The predicted molar refractivity (Wildman–Crippen MR) is 84.8 cm³/mol. The van der Waals surface area contributed by atoms with Gasteiger partial charge in [-0.15, -0.1) is 0 Å². The molecule has 20 heavy (non-hydrogen) atoms. The summed E-state index contributed by atoms with van der Waals surface area (Å²) in [5.41, 5.74) is 2.63. The Labute approximate surface area is 128 Å². The van der Waals surface area contributed by atoms with Crippen LogP contribution in [0.1, 0.15) is 30.0 Å². The maximum absolute atomic E-state index is 4.40. The first kappa shape index (κ1) is 13.8. The zero-order chi connectivity index (χ0) is 13.9. The molecule has 1 aromatic carbocycles. The van der Waals surface area contributed by atoms with Crippen LogP contribution in [0.3, 0.4) is 0 Å². The fourth-order valence-corrected chi connectivity index (χ4v) is 3.24. The van der Waals surface area contributed by atoms with Crippen molar-refractivity contribution in [1.29, 1.82) is 0 Å². The van der Waals surface area contributed by atoms with Crippen molar-refractivity contribution >= 4 is 15.9 Å². The average Bonchev–Trinajstić information content (AvgIpc) is 2.78. The molecule has 1 aliphatic carbocycles. The highest BCUT2D eigenvalue weighted by Crippen LogP contribution is 2.37. The summed E-state index contributed by atoms with van der Waals surface area (Å²) in [6, 6.07) is 11.5. The van der Waals surface area contributed by atoms with Gasteiger partial charge in [0.2, 0.25) is 0 Å². The summed E-state index contributed by atoms with van der Waals surface area (Å²) in [5.74, 6) is 0.722. The van der Waals surface area contributed by atoms with E-state index in [1.165, 1.54) is 28.6 Å². The smallest absolute Gasteiger partial charge is 0.0637 e. The summed E-state index contributed by atoms with van der Waals surface area (Å²) in [6.45, 7) is 1.02. The molecule has 1 aromatic heterocycles. The molecule has 0 unspecified atom stereocenters. The molecule has 0 aliphatic heterocycles. The van der Waals surface area contributed by atoms with Gasteiger partial charge in [-0.05, 0) is 42.5 Å². The summed E-state index contributed by atoms with van der Waals surface area (Å²) in [7, 11) is 1.96. The Morgan fingerprint density at radius 1 is 1.35 bits per heavy atom. The maximum Gasteiger partial charge on any atom is 0.0637 e. The van der Waals surface area contributed by atoms with E-state index < -0.39 is 0 Å². The van der Waals surface area contributed by atoms with Crippen LogP contribution in [-0.4, -0.2) is 22.4 Å². The second kappa shape index (κ2) is 6.10. The third kappa shape index (κ3) is 3.30. The Balaban J connectivity index is 1.40. The SMILES string of the molecule is Cn1ccc(CCNC2CC(c3cccc(Br)c3)C2)n1. The molecule has 0 spiro atoms. The predicted octanol–water partition coefficient (Wildman–Crippen LogP) is 3.26. The van der Waals surface area contributed by atoms with Gasteiger partial charge in [0, 0.05) is 36.7 Å². The number of nitrogens with one attached hydrogen (secondary N) is 1. The van der Waals surface area contributed by atoms with E-state index in [0.29, 0.717) is 6.04 Å². The lowest BCUT2D eigenvalue weighted by Gasteiger charge is -2.36. The molecular weight excluding hydrogens is 314 g/mol. The lowest BCUT2D eigenvalue weighted by molar-refractivity contribution is 0.292. The lowest BCUT2D eigenvalue weighted by Crippen LogP contribution is -2.41. The average molecular weight is 334 g/mol. The topological polar surface area (TPSA) is 29.9 Å². The molecule has 0 saturated heterocycles. The molecule has 1 fully saturated rings. The normalized spacial score (nSPS) is 21.7. The molecule has 1 N–H and O–H groups in total. The largest absolute Gasteiger partial charge is 0.314 e. The third-order valence-corrected chi connectivity index (χ3v) is 4.53. The number of nitrogens with zero attached hydrogens (tertiary/aromatic N) is 2. The Morgan fingerprint density at radius 2 is 2.20 bits per heavy atom. The van der Waals surface area contributed by atoms with E-state index in [0.717, 1.165) is 18.9 Å². The van der Waals surface area contributed by atoms with E-state index >= 15 is 0 Å². The molecule has 3 nitrogen and oxygen atoms in total. The minimum atomic E-state index is 0.669. The molecular formula is C16H20BrN3. The third-order valence-electron chi connectivity index (χ3n) is 4.04. The molecule has 1 aliphatic rings. The number of aromatic nitrogens is 2. The highest BCUT2D eigenvalue weighted by atomic mass is 79.9. The molecule has 3 rings (SSSR count). The molecule has 0 amide bonds. The van der Waals surface area contributed by atoms with E-state index in [4.69, 9.17) is 0 Å². The number of benzene rings is 1. The van der Waals surface area contributed by atoms with Gasteiger partial charge in [-0.25, -0.2) is 0 Å². The van der Waals surface area contributed by atoms with Gasteiger partial charge in [-0.1, -0.05) is 28.1 Å². The van der Waals surface area contributed by atoms with Gasteiger partial charge < -0.3 is 5.32 Å². The van der Waals surface area contributed by atoms with E-state index in [9.17, 15) is 0 Å². The maximum atomic E-state index is 4.40. The van der Waals surface area contributed by atoms with Crippen LogP contribution in [0, 0.1) is 0 Å². The second-order valence-corrected chi connectivity index (χ2v) is 6.52. The van der Waals surface area contributed by atoms with Gasteiger partial charge in [0.1, 0.15) is 0 Å². The Hall–Kier alpha value is -1.13. The van der Waals surface area contributed by atoms with E-state index in [2.05, 4.69) is 56.7 Å². The van der Waals surface area contributed by atoms with Crippen LogP contribution in [0.25, 0.3) is 0 Å². The Morgan fingerprint density at radius 3 is 2.90 bits per heavy atom. The highest BCUT2D eigenvalue weighted by Gasteiger charge is 2.29. The molecule has 1 saturated carbocycles. The zero-order valence-corrected chi connectivity index (χ0v) is 13.3. The van der Waals surface area contributed by atoms with Crippen molar-refractivity contribution in [3.63, 3.8) is 0 Å². The number of hydrogen-bond donors (Lipinski definition) is 1. The minimum Gasteiger partial charge on any atom is -0.314 e. The summed E-state index contributed by atoms with van der Waals surface area (Å²) in [4.78, 5) is 0. The number of rotatable bonds is 5. The quantitative estimate of drug-likeness (QED) is 0.910. The highest BCUT2D eigenvalue weighted by molar-refractivity contribution is 9.10. The van der Waals surface area contributed by atoms with Gasteiger partial charge >= 0.3 is 0 Å². The van der Waals surface area contributed by atoms with Crippen molar-refractivity contribution in [3.05, 3.63) is 52.3 Å². The fourth-order valence-electron chi connectivity index (χ4n) is 2.82. The van der Waals surface area contributed by atoms with Crippen molar-refractivity contribution in [2.24, 2.45) is 7.05 Å². The number of aryl methyl sites for hydroxylation is 1. The standard InChI is InChI=1S/C16H20BrN3/c1-20-8-6-15(19-20)5-7-18-16-10-13(11-16)12-3-2-4-14(17)9-12/h2-4,6,8-9,13,16,18H,5,7,10-11H2,1H3. The van der Waals surface area contributed by atoms with Gasteiger partial charge in [0.25, 0.3) is 0 Å². The summed E-state index contributed by atoms with van der Waals surface area (Å²) >= 11 is 3.54. The number of halogens is 1. The first-order valence-corrected chi connectivity index (χ1v) is 7.97. The van der Waals surface area contributed by atoms with E-state index in [-0.39, 0.29) is 0 Å². The minimum absolute atomic E-state index is 0.669. The first-order valence-electron chi connectivity index (χ1n) is 7.18. The van der Waals surface area contributed by atoms with E-state index in [1.807, 2.05) is 17.9 Å². The van der Waals surface area contributed by atoms with Crippen molar-refractivity contribution in [2.45, 2.75) is 31.2 Å². The second-order valence-electron chi connectivity index (χ2n) is 5.61. The van der Waals surface area contributed by atoms with Crippen molar-refractivity contribution in [3.8, 4) is 0 Å². The van der Waals surface area contributed by atoms with Gasteiger partial charge in [-0.3, -0.25) is 4.68 Å². The van der Waals surface area contributed by atoms with Crippen LogP contribution in [-0.2, 0) is 13.5 Å². The molecule has 4 heteroatoms. The Bertz CT molecular complexity index is 573. The van der Waals surface area contributed by atoms with Crippen LogP contribution in [0.4, 0.5) is 0 Å². The first-order chi connectivity index (χ1) is 9.70. The van der Waals surface area contributed by atoms with E-state index in [1.54, 1.807) is 0 Å². The van der Waals surface area contributed by atoms with Gasteiger partial charge in [0.05, 0.1) is 5.69 Å². The van der Waals surface area contributed by atoms with Crippen molar-refractivity contribution < 1.29 is 0 Å². The van der Waals surface area contributed by atoms with Gasteiger partial charge in [0.15, 0.2) is 0 Å². The number of hydrogen-bond acceptors (Lipinski definition) is 2. The molecule has 1 heterocycles. The zero-order valence-electron chi connectivity index (χ0n) is 11.7. The molecule has 2 aromatic rings. The fraction of sp³-hybridized carbons (Fsp3) is 0.438. The monoisotopic (exact) mass is 333 g/mol. The van der Waals surface area contributed by atoms with Gasteiger partial charge in [-0.2, -0.15) is 5.10 Å². The summed E-state index contributed by atoms with van der Waals surface area (Å²) < 4.78 is 3.05. The molecule has 0 atom stereocenters. The summed E-state index contributed by atoms with van der Waals surface area (Å²) in [6.07, 6.45) is 5.51. The molecule has 0 bridgehead atoms. The lowest BCUT2D eigenvalue weighted by atomic mass is 9.76. The van der Waals surface area contributed by atoms with Crippen molar-refractivity contribution in [2.75, 3.05) is 6.54 Å². The van der Waals surface area contributed by atoms with Crippen LogP contribution >= 0.6 is 15.9 Å².